The van der Waals surface area contributed by atoms with Gasteiger partial charge in [0, 0.05) is 33.0 Å². The van der Waals surface area contributed by atoms with E-state index in [1.54, 1.807) is 24.3 Å². The Kier molecular flexibility index (Phi) is 12.4. The highest BCUT2D eigenvalue weighted by molar-refractivity contribution is 6.03. The normalized spacial score (nSPS) is 18.5. The largest absolute Gasteiger partial charge is 0.416 e. The van der Waals surface area contributed by atoms with Gasteiger partial charge in [0.1, 0.15) is 5.60 Å². The lowest BCUT2D eigenvalue weighted by molar-refractivity contribution is -0.137. The van der Waals surface area contributed by atoms with Gasteiger partial charge in [-0.2, -0.15) is 13.2 Å². The number of aliphatic hydroxyl groups is 2. The quantitative estimate of drug-likeness (QED) is 0.378. The third-order valence-electron chi connectivity index (χ3n) is 6.04. The summed E-state index contributed by atoms with van der Waals surface area (Å²) < 4.78 is 39.7. The minimum atomic E-state index is -4.36. The van der Waals surface area contributed by atoms with Crippen LogP contribution in [-0.4, -0.2) is 53.7 Å². The van der Waals surface area contributed by atoms with Gasteiger partial charge in [0.15, 0.2) is 0 Å². The van der Waals surface area contributed by atoms with Crippen LogP contribution in [0.1, 0.15) is 62.6 Å². The van der Waals surface area contributed by atoms with Gasteiger partial charge in [-0.1, -0.05) is 62.9 Å². The average molecular weight is 497 g/mol. The standard InChI is InChI=1S/C26H35F3N2O2.CH4O/c1-6-20(10-8-9-15-32)24-17-25(7-2,33-30-24)13-14-31(5)18-21-16-22(26(27,28)29)11-12-23(21)19(3)4;1-2/h6,8-12,16,19,32H,1,7,13-15,17-18H2,2-5H3;2H,1H3/b9-8+,20-10+;. The fraction of sp³-hybridized carbons (Fsp3) is 0.519. The monoisotopic (exact) mass is 496 g/mol. The molecule has 1 atom stereocenters. The van der Waals surface area contributed by atoms with Crippen LogP contribution in [0, 0.1) is 0 Å². The van der Waals surface area contributed by atoms with Crippen LogP contribution >= 0.6 is 0 Å². The molecule has 35 heavy (non-hydrogen) atoms. The maximum absolute atomic E-state index is 13.2. The first-order chi connectivity index (χ1) is 16.5. The summed E-state index contributed by atoms with van der Waals surface area (Å²) in [4.78, 5) is 7.90. The first-order valence-corrected chi connectivity index (χ1v) is 11.7. The Morgan fingerprint density at radius 3 is 2.54 bits per heavy atom. The van der Waals surface area contributed by atoms with Gasteiger partial charge in [-0.15, -0.1) is 0 Å². The zero-order chi connectivity index (χ0) is 26.6. The second-order valence-electron chi connectivity index (χ2n) is 8.83. The third kappa shape index (κ3) is 8.94. The lowest BCUT2D eigenvalue weighted by atomic mass is 9.88. The topological polar surface area (TPSA) is 65.3 Å². The maximum Gasteiger partial charge on any atom is 0.416 e. The molecule has 196 valence electrons. The van der Waals surface area contributed by atoms with E-state index >= 15 is 0 Å². The van der Waals surface area contributed by atoms with Crippen molar-refractivity contribution in [3.63, 3.8) is 0 Å². The maximum atomic E-state index is 13.2. The summed E-state index contributed by atoms with van der Waals surface area (Å²) in [5.74, 6) is 0.135. The van der Waals surface area contributed by atoms with Gasteiger partial charge >= 0.3 is 6.18 Å². The molecule has 8 heteroatoms. The van der Waals surface area contributed by atoms with E-state index in [2.05, 4.69) is 11.7 Å². The van der Waals surface area contributed by atoms with Crippen LogP contribution in [0.5, 0.6) is 0 Å². The van der Waals surface area contributed by atoms with Crippen molar-refractivity contribution in [2.24, 2.45) is 5.16 Å². The first-order valence-electron chi connectivity index (χ1n) is 11.7. The molecule has 0 amide bonds. The van der Waals surface area contributed by atoms with Crippen LogP contribution in [0.3, 0.4) is 0 Å². The second-order valence-corrected chi connectivity index (χ2v) is 8.83. The van der Waals surface area contributed by atoms with Crippen LogP contribution in [-0.2, 0) is 17.6 Å². The Labute approximate surface area is 207 Å². The molecule has 0 saturated carbocycles. The lowest BCUT2D eigenvalue weighted by Gasteiger charge is -2.28. The van der Waals surface area contributed by atoms with Gasteiger partial charge in [0.05, 0.1) is 17.9 Å². The molecular weight excluding hydrogens is 457 g/mol. The third-order valence-corrected chi connectivity index (χ3v) is 6.04. The number of aliphatic hydroxyl groups excluding tert-OH is 2. The summed E-state index contributed by atoms with van der Waals surface area (Å²) in [5, 5.41) is 20.2. The number of nitrogens with zero attached hydrogens (tertiary/aromatic N) is 2. The highest BCUT2D eigenvalue weighted by atomic mass is 19.4. The van der Waals surface area contributed by atoms with Crippen LogP contribution < -0.4 is 0 Å². The molecule has 1 aliphatic heterocycles. The molecule has 1 aliphatic rings. The molecule has 1 unspecified atom stereocenters. The molecule has 0 radical (unpaired) electrons. The molecule has 0 bridgehead atoms. The van der Waals surface area contributed by atoms with Crippen molar-refractivity contribution >= 4 is 5.71 Å². The Morgan fingerprint density at radius 2 is 2.00 bits per heavy atom. The molecule has 1 aromatic rings. The van der Waals surface area contributed by atoms with Crippen molar-refractivity contribution in [1.82, 2.24) is 4.90 Å². The number of hydrogen-bond donors (Lipinski definition) is 2. The lowest BCUT2D eigenvalue weighted by Crippen LogP contribution is -2.34. The van der Waals surface area contributed by atoms with Crippen molar-refractivity contribution in [3.8, 4) is 0 Å². The van der Waals surface area contributed by atoms with Gasteiger partial charge < -0.3 is 20.0 Å². The van der Waals surface area contributed by atoms with Crippen LogP contribution in [0.2, 0.25) is 0 Å². The molecule has 0 aliphatic carbocycles. The number of hydrogen-bond acceptors (Lipinski definition) is 5. The minimum absolute atomic E-state index is 0.0421. The Bertz CT molecular complexity index is 907. The van der Waals surface area contributed by atoms with Gasteiger partial charge in [0.25, 0.3) is 0 Å². The van der Waals surface area contributed by atoms with E-state index in [4.69, 9.17) is 15.1 Å². The number of allylic oxidation sites excluding steroid dienone is 4. The summed E-state index contributed by atoms with van der Waals surface area (Å²) in [7, 11) is 2.92. The molecule has 5 nitrogen and oxygen atoms in total. The van der Waals surface area contributed by atoms with Crippen molar-refractivity contribution < 1.29 is 28.2 Å². The number of halogens is 3. The Hall–Kier alpha value is -2.42. The smallest absolute Gasteiger partial charge is 0.400 e. The van der Waals surface area contributed by atoms with E-state index in [1.165, 1.54) is 6.07 Å². The van der Waals surface area contributed by atoms with Crippen molar-refractivity contribution in [1.29, 1.82) is 0 Å². The van der Waals surface area contributed by atoms with Crippen LogP contribution in [0.4, 0.5) is 13.2 Å². The molecule has 1 aromatic carbocycles. The van der Waals surface area contributed by atoms with E-state index < -0.39 is 17.3 Å². The molecule has 0 spiro atoms. The molecule has 2 rings (SSSR count). The number of benzene rings is 1. The van der Waals surface area contributed by atoms with E-state index in [1.807, 2.05) is 38.8 Å². The van der Waals surface area contributed by atoms with Gasteiger partial charge in [0.2, 0.25) is 0 Å². The molecule has 0 saturated heterocycles. The fourth-order valence-electron chi connectivity index (χ4n) is 3.94. The summed E-state index contributed by atoms with van der Waals surface area (Å²) in [6.07, 6.45) is 4.65. The predicted molar refractivity (Wildman–Crippen MR) is 135 cm³/mol. The Balaban J connectivity index is 0.00000298. The second kappa shape index (κ2) is 14.2. The summed E-state index contributed by atoms with van der Waals surface area (Å²) >= 11 is 0. The van der Waals surface area contributed by atoms with Gasteiger partial charge in [-0.25, -0.2) is 0 Å². The van der Waals surface area contributed by atoms with E-state index in [0.29, 0.717) is 31.5 Å². The zero-order valence-corrected chi connectivity index (χ0v) is 21.4. The molecular formula is C27H39F3N2O3. The SMILES string of the molecule is C=C/C(=C\C=C\CO)C1=NOC(CC)(CCN(C)Cc2cc(C(F)(F)F)ccc2C(C)C)C1.CO. The molecule has 0 fully saturated rings. The molecule has 0 aromatic heterocycles. The van der Waals surface area contributed by atoms with Crippen LogP contribution in [0.15, 0.2) is 59.8 Å². The van der Waals surface area contributed by atoms with Crippen molar-refractivity contribution in [3.05, 3.63) is 71.3 Å². The van der Waals surface area contributed by atoms with Gasteiger partial charge in [-0.05, 0) is 48.2 Å². The highest BCUT2D eigenvalue weighted by Crippen LogP contribution is 2.35. The minimum Gasteiger partial charge on any atom is -0.400 e. The fourth-order valence-corrected chi connectivity index (χ4v) is 3.94. The number of oxime groups is 1. The van der Waals surface area contributed by atoms with E-state index in [9.17, 15) is 13.2 Å². The average Bonchev–Trinajstić information content (AvgIpc) is 3.26. The van der Waals surface area contributed by atoms with Crippen molar-refractivity contribution in [2.75, 3.05) is 27.3 Å². The van der Waals surface area contributed by atoms with E-state index in [-0.39, 0.29) is 12.5 Å². The highest BCUT2D eigenvalue weighted by Gasteiger charge is 2.38. The summed E-state index contributed by atoms with van der Waals surface area (Å²) in [5.41, 5.74) is 2.20. The molecule has 2 N–H and O–H groups in total. The van der Waals surface area contributed by atoms with Gasteiger partial charge in [-0.3, -0.25) is 0 Å². The predicted octanol–water partition coefficient (Wildman–Crippen LogP) is 5.85. The molecule has 1 heterocycles. The Morgan fingerprint density at radius 1 is 1.31 bits per heavy atom. The van der Waals surface area contributed by atoms with Crippen LogP contribution in [0.25, 0.3) is 0 Å². The zero-order valence-electron chi connectivity index (χ0n) is 21.4. The number of rotatable bonds is 11. The first kappa shape index (κ1) is 30.6. The van der Waals surface area contributed by atoms with Crippen molar-refractivity contribution in [2.45, 2.75) is 64.3 Å². The summed E-state index contributed by atoms with van der Waals surface area (Å²) in [6.45, 7) is 10.9. The van der Waals surface area contributed by atoms with E-state index in [0.717, 1.165) is 36.4 Å². The number of alkyl halides is 3. The summed E-state index contributed by atoms with van der Waals surface area (Å²) in [6, 6.07) is 4.03.